The topological polar surface area (TPSA) is 86.6 Å². The Labute approximate surface area is 233 Å². The number of aromatic hydroxyl groups is 1. The van der Waals surface area contributed by atoms with Crippen LogP contribution in [0.4, 0.5) is 10.3 Å². The highest BCUT2D eigenvalue weighted by Crippen LogP contribution is 2.51. The minimum Gasteiger partial charge on any atom is -0.508 e. The van der Waals surface area contributed by atoms with Gasteiger partial charge >= 0.3 is 6.01 Å². The summed E-state index contributed by atoms with van der Waals surface area (Å²) >= 11 is 6.53. The molecule has 1 aromatic carbocycles. The lowest BCUT2D eigenvalue weighted by Crippen LogP contribution is -2.51. The van der Waals surface area contributed by atoms with Crippen LogP contribution in [0.2, 0.25) is 5.02 Å². The molecule has 10 heteroatoms. The summed E-state index contributed by atoms with van der Waals surface area (Å²) in [5.74, 6) is 8.13. The van der Waals surface area contributed by atoms with Crippen LogP contribution in [0.1, 0.15) is 68.3 Å². The molecule has 1 saturated carbocycles. The van der Waals surface area contributed by atoms with E-state index in [2.05, 4.69) is 38.9 Å². The molecule has 4 saturated heterocycles. The van der Waals surface area contributed by atoms with Crippen LogP contribution in [0.15, 0.2) is 12.1 Å². The SMILES string of the molecule is C[C@@H]1C[C@@H]1c1c(Cl)cc(O)cc1C#Cc1nc(OC[C@@]23CCCN2C[C@H](F)C3)nc(N2C[C@H]3CC[C@@H](C2)N3)n1. The standard InChI is InChI=1S/C29H34ClFN6O2/c1-17-9-23(17)26-18(10-22(38)11-24(26)30)3-6-25-33-27(36-14-20-4-5-21(15-36)32-20)35-28(34-25)39-16-29-7-2-8-37(29)13-19(31)12-29/h10-11,17,19-21,23,32,38H,2,4-5,7-9,12-16H2,1H3/t17-,19-,20-,21+,23+,29+/m1/s1. The summed E-state index contributed by atoms with van der Waals surface area (Å²) < 4.78 is 20.5. The Morgan fingerprint density at radius 1 is 1.18 bits per heavy atom. The quantitative estimate of drug-likeness (QED) is 0.544. The van der Waals surface area contributed by atoms with E-state index in [4.69, 9.17) is 26.3 Å². The molecule has 2 N–H and O–H groups in total. The van der Waals surface area contributed by atoms with Crippen LogP contribution >= 0.6 is 11.6 Å². The van der Waals surface area contributed by atoms with Crippen LogP contribution in [0.5, 0.6) is 11.8 Å². The van der Waals surface area contributed by atoms with Crippen molar-refractivity contribution in [3.8, 4) is 23.6 Å². The van der Waals surface area contributed by atoms with Crippen LogP contribution in [0.3, 0.4) is 0 Å². The lowest BCUT2D eigenvalue weighted by Gasteiger charge is -2.33. The van der Waals surface area contributed by atoms with Crippen molar-refractivity contribution < 1.29 is 14.2 Å². The molecule has 5 fully saturated rings. The minimum absolute atomic E-state index is 0.0844. The third kappa shape index (κ3) is 4.92. The number of piperazine rings is 1. The van der Waals surface area contributed by atoms with Crippen molar-refractivity contribution in [1.82, 2.24) is 25.2 Å². The first kappa shape index (κ1) is 25.3. The van der Waals surface area contributed by atoms with Crippen molar-refractivity contribution in [2.24, 2.45) is 5.92 Å². The van der Waals surface area contributed by atoms with E-state index in [-0.39, 0.29) is 17.3 Å². The number of aromatic nitrogens is 3. The number of phenols is 1. The summed E-state index contributed by atoms with van der Waals surface area (Å²) in [7, 11) is 0. The van der Waals surface area contributed by atoms with Gasteiger partial charge in [0.1, 0.15) is 18.5 Å². The van der Waals surface area contributed by atoms with Crippen LogP contribution in [0.25, 0.3) is 0 Å². The van der Waals surface area contributed by atoms with Crippen molar-refractivity contribution in [1.29, 1.82) is 0 Å². The molecule has 0 spiro atoms. The van der Waals surface area contributed by atoms with Gasteiger partial charge in [-0.3, -0.25) is 4.90 Å². The Morgan fingerprint density at radius 2 is 1.97 bits per heavy atom. The largest absolute Gasteiger partial charge is 0.508 e. The zero-order valence-electron chi connectivity index (χ0n) is 22.2. The van der Waals surface area contributed by atoms with Gasteiger partial charge in [-0.25, -0.2) is 4.39 Å². The van der Waals surface area contributed by atoms with E-state index in [1.807, 2.05) is 0 Å². The fraction of sp³-hybridized carbons (Fsp3) is 0.621. The van der Waals surface area contributed by atoms with Gasteiger partial charge in [0.05, 0.1) is 5.54 Å². The van der Waals surface area contributed by atoms with E-state index in [1.54, 1.807) is 12.1 Å². The van der Waals surface area contributed by atoms with E-state index >= 15 is 0 Å². The molecule has 1 aliphatic carbocycles. The number of anilines is 1. The molecule has 1 aromatic heterocycles. The number of phenolic OH excluding ortho intramolecular Hbond substituents is 1. The zero-order valence-corrected chi connectivity index (χ0v) is 22.9. The molecule has 0 radical (unpaired) electrons. The van der Waals surface area contributed by atoms with Gasteiger partial charge in [-0.15, -0.1) is 0 Å². The summed E-state index contributed by atoms with van der Waals surface area (Å²) in [6, 6.07) is 4.30. The van der Waals surface area contributed by atoms with E-state index in [9.17, 15) is 9.50 Å². The molecular weight excluding hydrogens is 519 g/mol. The monoisotopic (exact) mass is 552 g/mol. The van der Waals surface area contributed by atoms with Gasteiger partial charge in [-0.05, 0) is 74.1 Å². The number of ether oxygens (including phenoxy) is 1. The molecule has 2 bridgehead atoms. The van der Waals surface area contributed by atoms with Crippen molar-refractivity contribution in [3.05, 3.63) is 34.1 Å². The second-order valence-corrected chi connectivity index (χ2v) is 12.5. The number of alkyl halides is 1. The van der Waals surface area contributed by atoms with Crippen molar-refractivity contribution >= 4 is 17.5 Å². The van der Waals surface area contributed by atoms with E-state index in [0.29, 0.717) is 65.9 Å². The molecule has 7 rings (SSSR count). The highest BCUT2D eigenvalue weighted by atomic mass is 35.5. The molecule has 8 nitrogen and oxygen atoms in total. The fourth-order valence-electron chi connectivity index (χ4n) is 7.15. The first-order valence-corrected chi connectivity index (χ1v) is 14.6. The lowest BCUT2D eigenvalue weighted by atomic mass is 9.95. The van der Waals surface area contributed by atoms with Crippen molar-refractivity contribution in [3.63, 3.8) is 0 Å². The fourth-order valence-corrected chi connectivity index (χ4v) is 7.50. The summed E-state index contributed by atoms with van der Waals surface area (Å²) in [5.41, 5.74) is 1.38. The highest BCUT2D eigenvalue weighted by molar-refractivity contribution is 6.31. The molecule has 5 heterocycles. The number of hydrogen-bond acceptors (Lipinski definition) is 8. The maximum absolute atomic E-state index is 14.3. The second-order valence-electron chi connectivity index (χ2n) is 12.1. The Morgan fingerprint density at radius 3 is 2.74 bits per heavy atom. The molecular formula is C29H34ClFN6O2. The van der Waals surface area contributed by atoms with Gasteiger partial charge in [0.15, 0.2) is 0 Å². The normalized spacial score (nSPS) is 33.1. The maximum atomic E-state index is 14.3. The molecule has 6 atom stereocenters. The Bertz CT molecular complexity index is 1340. The number of rotatable bonds is 5. The first-order valence-electron chi connectivity index (χ1n) is 14.2. The van der Waals surface area contributed by atoms with E-state index in [0.717, 1.165) is 57.3 Å². The van der Waals surface area contributed by atoms with Crippen LogP contribution in [0, 0.1) is 17.8 Å². The van der Waals surface area contributed by atoms with Crippen LogP contribution < -0.4 is 15.0 Å². The lowest BCUT2D eigenvalue weighted by molar-refractivity contribution is 0.107. The number of benzene rings is 1. The van der Waals surface area contributed by atoms with Crippen molar-refractivity contribution in [2.45, 2.75) is 75.2 Å². The number of nitrogens with one attached hydrogen (secondary N) is 1. The average Bonchev–Trinajstić information content (AvgIpc) is 3.17. The van der Waals surface area contributed by atoms with Gasteiger partial charge in [0.2, 0.25) is 11.8 Å². The predicted octanol–water partition coefficient (Wildman–Crippen LogP) is 3.65. The van der Waals surface area contributed by atoms with Gasteiger partial charge in [0, 0.05) is 48.7 Å². The minimum atomic E-state index is -0.821. The van der Waals surface area contributed by atoms with Gasteiger partial charge in [-0.2, -0.15) is 15.0 Å². The van der Waals surface area contributed by atoms with Gasteiger partial charge in [0.25, 0.3) is 0 Å². The summed E-state index contributed by atoms with van der Waals surface area (Å²) in [6.07, 6.45) is 4.97. The number of hydrogen-bond donors (Lipinski definition) is 2. The number of fused-ring (bicyclic) bond motifs is 3. The van der Waals surface area contributed by atoms with Gasteiger partial charge < -0.3 is 20.1 Å². The molecule has 2 aromatic rings. The van der Waals surface area contributed by atoms with Crippen LogP contribution in [-0.2, 0) is 0 Å². The molecule has 0 amide bonds. The van der Waals surface area contributed by atoms with Crippen molar-refractivity contribution in [2.75, 3.05) is 37.7 Å². The summed E-state index contributed by atoms with van der Waals surface area (Å²) in [4.78, 5) is 18.4. The third-order valence-electron chi connectivity index (χ3n) is 9.24. The number of halogens is 2. The number of nitrogens with zero attached hydrogens (tertiary/aromatic N) is 5. The first-order chi connectivity index (χ1) is 18.8. The molecule has 5 aliphatic rings. The maximum Gasteiger partial charge on any atom is 0.322 e. The van der Waals surface area contributed by atoms with Crippen LogP contribution in [-0.4, -0.2) is 81.5 Å². The Hall–Kier alpha value is -2.67. The zero-order chi connectivity index (χ0) is 26.7. The second kappa shape index (κ2) is 9.76. The predicted molar refractivity (Wildman–Crippen MR) is 146 cm³/mol. The Kier molecular flexibility index (Phi) is 6.33. The summed E-state index contributed by atoms with van der Waals surface area (Å²) in [5, 5.41) is 14.4. The van der Waals surface area contributed by atoms with E-state index < -0.39 is 6.17 Å². The molecule has 206 valence electrons. The van der Waals surface area contributed by atoms with Gasteiger partial charge in [-0.1, -0.05) is 24.4 Å². The summed E-state index contributed by atoms with van der Waals surface area (Å²) in [6.45, 7) is 5.55. The third-order valence-corrected chi connectivity index (χ3v) is 9.55. The Balaban J connectivity index is 1.21. The molecule has 4 aliphatic heterocycles. The molecule has 39 heavy (non-hydrogen) atoms. The smallest absolute Gasteiger partial charge is 0.322 e. The van der Waals surface area contributed by atoms with E-state index in [1.165, 1.54) is 0 Å². The molecule has 0 unspecified atom stereocenters. The average molecular weight is 553 g/mol. The highest BCUT2D eigenvalue weighted by Gasteiger charge is 2.49.